The van der Waals surface area contributed by atoms with Crippen LogP contribution in [-0.4, -0.2) is 24.3 Å². The number of carboxylic acid groups (broad SMARTS) is 1. The molecule has 1 N–H and O–H groups in total. The van der Waals surface area contributed by atoms with Gasteiger partial charge in [-0.3, -0.25) is 0 Å². The molecule has 2 rings (SSSR count). The SMILES string of the molecule is O=C(O)c1cc(C2OCCO2)oc1C(F)(F)F. The number of halogens is 3. The van der Waals surface area contributed by atoms with Gasteiger partial charge in [0, 0.05) is 6.07 Å². The lowest BCUT2D eigenvalue weighted by Gasteiger charge is -2.05. The van der Waals surface area contributed by atoms with Crippen molar-refractivity contribution in [3.05, 3.63) is 23.2 Å². The highest BCUT2D eigenvalue weighted by Gasteiger charge is 2.41. The Hall–Kier alpha value is -1.54. The van der Waals surface area contributed by atoms with Gasteiger partial charge in [0.25, 0.3) is 0 Å². The smallest absolute Gasteiger partial charge is 0.450 e. The third-order valence-corrected chi connectivity index (χ3v) is 2.09. The zero-order valence-electron chi connectivity index (χ0n) is 8.28. The maximum Gasteiger partial charge on any atom is 0.450 e. The van der Waals surface area contributed by atoms with E-state index >= 15 is 0 Å². The van der Waals surface area contributed by atoms with Crippen LogP contribution in [0.3, 0.4) is 0 Å². The van der Waals surface area contributed by atoms with Crippen molar-refractivity contribution < 1.29 is 37.0 Å². The van der Waals surface area contributed by atoms with Gasteiger partial charge in [-0.1, -0.05) is 0 Å². The van der Waals surface area contributed by atoms with E-state index in [0.717, 1.165) is 6.07 Å². The molecule has 0 saturated carbocycles. The summed E-state index contributed by atoms with van der Waals surface area (Å²) in [6, 6.07) is 0.765. The number of rotatable bonds is 2. The third-order valence-electron chi connectivity index (χ3n) is 2.09. The molecule has 1 aromatic rings. The number of furan rings is 1. The molecule has 0 radical (unpaired) electrons. The van der Waals surface area contributed by atoms with E-state index < -0.39 is 29.8 Å². The quantitative estimate of drug-likeness (QED) is 0.872. The first-order chi connectivity index (χ1) is 7.89. The molecule has 0 spiro atoms. The second-order valence-corrected chi connectivity index (χ2v) is 3.27. The van der Waals surface area contributed by atoms with Crippen molar-refractivity contribution in [1.29, 1.82) is 0 Å². The standard InChI is InChI=1S/C9H7F3O5/c10-9(11,12)6-4(7(13)14)3-5(17-6)8-15-1-2-16-8/h3,8H,1-2H2,(H,13,14). The van der Waals surface area contributed by atoms with Crippen molar-refractivity contribution in [2.24, 2.45) is 0 Å². The number of aromatic carboxylic acids is 1. The zero-order valence-corrected chi connectivity index (χ0v) is 8.28. The van der Waals surface area contributed by atoms with Crippen LogP contribution in [0.5, 0.6) is 0 Å². The minimum atomic E-state index is -4.87. The van der Waals surface area contributed by atoms with Crippen molar-refractivity contribution in [3.63, 3.8) is 0 Å². The number of carbonyl (C=O) groups is 1. The fraction of sp³-hybridized carbons (Fsp3) is 0.444. The first-order valence-electron chi connectivity index (χ1n) is 4.57. The lowest BCUT2D eigenvalue weighted by atomic mass is 10.2. The van der Waals surface area contributed by atoms with Crippen molar-refractivity contribution >= 4 is 5.97 Å². The molecule has 0 aromatic carbocycles. The van der Waals surface area contributed by atoms with Gasteiger partial charge >= 0.3 is 12.1 Å². The highest BCUT2D eigenvalue weighted by molar-refractivity contribution is 5.89. The zero-order chi connectivity index (χ0) is 12.6. The van der Waals surface area contributed by atoms with E-state index in [1.54, 1.807) is 0 Å². The van der Waals surface area contributed by atoms with Crippen molar-refractivity contribution in [2.75, 3.05) is 13.2 Å². The van der Waals surface area contributed by atoms with Crippen LogP contribution in [0.1, 0.15) is 28.2 Å². The molecule has 8 heteroatoms. The molecule has 0 bridgehead atoms. The van der Waals surface area contributed by atoms with Gasteiger partial charge in [0.05, 0.1) is 13.2 Å². The summed E-state index contributed by atoms with van der Waals surface area (Å²) in [5, 5.41) is 8.64. The van der Waals surface area contributed by atoms with E-state index in [1.807, 2.05) is 0 Å². The summed E-state index contributed by atoms with van der Waals surface area (Å²) in [6.07, 6.45) is -5.95. The van der Waals surface area contributed by atoms with E-state index in [0.29, 0.717) is 0 Å². The number of hydrogen-bond acceptors (Lipinski definition) is 4. The molecule has 0 unspecified atom stereocenters. The molecule has 1 aliphatic heterocycles. The van der Waals surface area contributed by atoms with E-state index in [2.05, 4.69) is 4.42 Å². The third kappa shape index (κ3) is 2.27. The van der Waals surface area contributed by atoms with Crippen LogP contribution in [0.25, 0.3) is 0 Å². The van der Waals surface area contributed by atoms with Gasteiger partial charge < -0.3 is 19.0 Å². The van der Waals surface area contributed by atoms with E-state index in [-0.39, 0.29) is 19.0 Å². The normalized spacial score (nSPS) is 17.6. The molecule has 94 valence electrons. The topological polar surface area (TPSA) is 68.9 Å². The average Bonchev–Trinajstić information content (AvgIpc) is 2.85. The Kier molecular flexibility index (Phi) is 2.84. The summed E-state index contributed by atoms with van der Waals surface area (Å²) < 4.78 is 51.7. The maximum absolute atomic E-state index is 12.5. The van der Waals surface area contributed by atoms with E-state index in [4.69, 9.17) is 14.6 Å². The van der Waals surface area contributed by atoms with Crippen LogP contribution in [0.2, 0.25) is 0 Å². The Morgan fingerprint density at radius 3 is 2.35 bits per heavy atom. The minimum Gasteiger partial charge on any atom is -0.478 e. The van der Waals surface area contributed by atoms with Gasteiger partial charge in [-0.2, -0.15) is 13.2 Å². The van der Waals surface area contributed by atoms with E-state index in [1.165, 1.54) is 0 Å². The lowest BCUT2D eigenvalue weighted by Crippen LogP contribution is -2.09. The first kappa shape index (κ1) is 11.9. The Balaban J connectivity index is 2.40. The molecule has 0 aliphatic carbocycles. The van der Waals surface area contributed by atoms with Crippen LogP contribution in [0.15, 0.2) is 10.5 Å². The number of ether oxygens (including phenoxy) is 2. The molecule has 2 heterocycles. The van der Waals surface area contributed by atoms with Gasteiger partial charge in [0.2, 0.25) is 12.1 Å². The predicted octanol–water partition coefficient (Wildman–Crippen LogP) is 2.04. The molecule has 17 heavy (non-hydrogen) atoms. The van der Waals surface area contributed by atoms with Gasteiger partial charge in [-0.05, 0) is 0 Å². The van der Waals surface area contributed by atoms with E-state index in [9.17, 15) is 18.0 Å². The Morgan fingerprint density at radius 1 is 1.35 bits per heavy atom. The molecule has 5 nitrogen and oxygen atoms in total. The second kappa shape index (κ2) is 4.04. The fourth-order valence-electron chi connectivity index (χ4n) is 1.42. The van der Waals surface area contributed by atoms with Gasteiger partial charge in [0.1, 0.15) is 5.56 Å². The summed E-state index contributed by atoms with van der Waals surface area (Å²) in [5.74, 6) is -3.57. The summed E-state index contributed by atoms with van der Waals surface area (Å²) in [7, 11) is 0. The van der Waals surface area contributed by atoms with Crippen molar-refractivity contribution in [1.82, 2.24) is 0 Å². The van der Waals surface area contributed by atoms with Crippen LogP contribution in [0, 0.1) is 0 Å². The summed E-state index contributed by atoms with van der Waals surface area (Å²) in [4.78, 5) is 10.7. The molecule has 1 saturated heterocycles. The Bertz CT molecular complexity index is 430. The number of hydrogen-bond donors (Lipinski definition) is 1. The second-order valence-electron chi connectivity index (χ2n) is 3.27. The molecule has 1 aromatic heterocycles. The largest absolute Gasteiger partial charge is 0.478 e. The highest BCUT2D eigenvalue weighted by atomic mass is 19.4. The summed E-state index contributed by atoms with van der Waals surface area (Å²) >= 11 is 0. The summed E-state index contributed by atoms with van der Waals surface area (Å²) in [5.41, 5.74) is -0.952. The average molecular weight is 252 g/mol. The molecular weight excluding hydrogens is 245 g/mol. The van der Waals surface area contributed by atoms with Crippen molar-refractivity contribution in [3.8, 4) is 0 Å². The summed E-state index contributed by atoms with van der Waals surface area (Å²) in [6.45, 7) is 0.435. The predicted molar refractivity (Wildman–Crippen MR) is 45.3 cm³/mol. The minimum absolute atomic E-state index is 0.217. The molecule has 1 aliphatic rings. The molecule has 0 atom stereocenters. The maximum atomic E-state index is 12.5. The van der Waals surface area contributed by atoms with Gasteiger partial charge in [-0.25, -0.2) is 4.79 Å². The molecule has 0 amide bonds. The van der Waals surface area contributed by atoms with Crippen LogP contribution >= 0.6 is 0 Å². The number of alkyl halides is 3. The molecule has 1 fully saturated rings. The Labute approximate surface area is 92.7 Å². The van der Waals surface area contributed by atoms with Gasteiger partial charge in [-0.15, -0.1) is 0 Å². The van der Waals surface area contributed by atoms with Crippen LogP contribution in [0.4, 0.5) is 13.2 Å². The fourth-order valence-corrected chi connectivity index (χ4v) is 1.42. The molecular formula is C9H7F3O5. The van der Waals surface area contributed by atoms with Gasteiger partial charge in [0.15, 0.2) is 5.76 Å². The number of carboxylic acids is 1. The Morgan fingerprint density at radius 2 is 1.94 bits per heavy atom. The lowest BCUT2D eigenvalue weighted by molar-refractivity contribution is -0.156. The van der Waals surface area contributed by atoms with Crippen LogP contribution in [-0.2, 0) is 15.7 Å². The highest BCUT2D eigenvalue weighted by Crippen LogP contribution is 2.37. The monoisotopic (exact) mass is 252 g/mol. The van der Waals surface area contributed by atoms with Crippen molar-refractivity contribution in [2.45, 2.75) is 12.5 Å². The first-order valence-corrected chi connectivity index (χ1v) is 4.57. The van der Waals surface area contributed by atoms with Crippen LogP contribution < -0.4 is 0 Å².